The van der Waals surface area contributed by atoms with E-state index in [1.54, 1.807) is 0 Å². The standard InChI is InChI=1S/C9H11F2N3O3/c1-5-2-6(7(16)17)14-8(13-5)12-3-9(10,11)4-15/h2,15H,3-4H2,1H3,(H,16,17)(H,12,13,14). The lowest BCUT2D eigenvalue weighted by molar-refractivity contribution is -0.0374. The average molecular weight is 247 g/mol. The molecule has 17 heavy (non-hydrogen) atoms. The van der Waals surface area contributed by atoms with E-state index in [0.717, 1.165) is 0 Å². The molecule has 0 aliphatic rings. The maximum atomic E-state index is 12.7. The minimum absolute atomic E-state index is 0.212. The number of aromatic carboxylic acids is 1. The molecule has 1 aromatic heterocycles. The number of aliphatic hydroxyl groups is 1. The summed E-state index contributed by atoms with van der Waals surface area (Å²) in [7, 11) is 0. The van der Waals surface area contributed by atoms with Crippen LogP contribution in [0, 0.1) is 6.92 Å². The summed E-state index contributed by atoms with van der Waals surface area (Å²) in [6.07, 6.45) is 0. The van der Waals surface area contributed by atoms with E-state index in [2.05, 4.69) is 15.3 Å². The number of carboxylic acids is 1. The van der Waals surface area contributed by atoms with E-state index in [4.69, 9.17) is 10.2 Å². The molecule has 3 N–H and O–H groups in total. The van der Waals surface area contributed by atoms with Crippen LogP contribution in [0.3, 0.4) is 0 Å². The summed E-state index contributed by atoms with van der Waals surface area (Å²) >= 11 is 0. The Morgan fingerprint density at radius 2 is 2.18 bits per heavy atom. The first kappa shape index (κ1) is 13.2. The zero-order valence-electron chi connectivity index (χ0n) is 8.94. The van der Waals surface area contributed by atoms with E-state index in [9.17, 15) is 13.6 Å². The highest BCUT2D eigenvalue weighted by Gasteiger charge is 2.27. The number of aromatic nitrogens is 2. The Kier molecular flexibility index (Phi) is 3.89. The fraction of sp³-hybridized carbons (Fsp3) is 0.444. The number of alkyl halides is 2. The predicted molar refractivity (Wildman–Crippen MR) is 54.3 cm³/mol. The normalized spacial score (nSPS) is 11.3. The van der Waals surface area contributed by atoms with Gasteiger partial charge < -0.3 is 15.5 Å². The Morgan fingerprint density at radius 1 is 1.53 bits per heavy atom. The van der Waals surface area contributed by atoms with Gasteiger partial charge in [-0.1, -0.05) is 0 Å². The van der Waals surface area contributed by atoms with Crippen molar-refractivity contribution in [3.05, 3.63) is 17.5 Å². The van der Waals surface area contributed by atoms with Crippen LogP contribution in [0.1, 0.15) is 16.2 Å². The molecule has 0 aliphatic heterocycles. The topological polar surface area (TPSA) is 95.3 Å². The van der Waals surface area contributed by atoms with E-state index < -0.39 is 25.0 Å². The molecule has 0 unspecified atom stereocenters. The van der Waals surface area contributed by atoms with Crippen LogP contribution in [0.4, 0.5) is 14.7 Å². The van der Waals surface area contributed by atoms with Crippen molar-refractivity contribution in [2.45, 2.75) is 12.8 Å². The lowest BCUT2D eigenvalue weighted by atomic mass is 10.3. The van der Waals surface area contributed by atoms with Gasteiger partial charge in [0.1, 0.15) is 6.61 Å². The third-order valence-corrected chi connectivity index (χ3v) is 1.81. The van der Waals surface area contributed by atoms with Crippen LogP contribution >= 0.6 is 0 Å². The molecule has 0 fully saturated rings. The lowest BCUT2D eigenvalue weighted by Crippen LogP contribution is -2.31. The number of halogens is 2. The summed E-state index contributed by atoms with van der Waals surface area (Å²) in [4.78, 5) is 17.9. The minimum atomic E-state index is -3.31. The fourth-order valence-electron chi connectivity index (χ4n) is 1.02. The van der Waals surface area contributed by atoms with E-state index in [0.29, 0.717) is 5.69 Å². The van der Waals surface area contributed by atoms with Crippen molar-refractivity contribution in [1.82, 2.24) is 9.97 Å². The smallest absolute Gasteiger partial charge is 0.354 e. The van der Waals surface area contributed by atoms with Crippen molar-refractivity contribution in [2.24, 2.45) is 0 Å². The molecule has 0 aliphatic carbocycles. The van der Waals surface area contributed by atoms with Gasteiger partial charge in [-0.05, 0) is 13.0 Å². The van der Waals surface area contributed by atoms with Crippen LogP contribution in [-0.2, 0) is 0 Å². The van der Waals surface area contributed by atoms with E-state index in [-0.39, 0.29) is 11.6 Å². The van der Waals surface area contributed by atoms with Gasteiger partial charge in [0.15, 0.2) is 5.69 Å². The Balaban J connectivity index is 2.81. The van der Waals surface area contributed by atoms with Crippen molar-refractivity contribution in [2.75, 3.05) is 18.5 Å². The summed E-state index contributed by atoms with van der Waals surface area (Å²) in [5.74, 6) is -4.79. The molecule has 0 spiro atoms. The number of hydrogen-bond donors (Lipinski definition) is 3. The maximum absolute atomic E-state index is 12.7. The van der Waals surface area contributed by atoms with E-state index in [1.165, 1.54) is 13.0 Å². The van der Waals surface area contributed by atoms with Crippen LogP contribution < -0.4 is 5.32 Å². The first-order chi connectivity index (χ1) is 7.84. The molecule has 0 radical (unpaired) electrons. The zero-order valence-corrected chi connectivity index (χ0v) is 8.94. The van der Waals surface area contributed by atoms with Gasteiger partial charge in [0.2, 0.25) is 5.95 Å². The Hall–Kier alpha value is -1.83. The molecular weight excluding hydrogens is 236 g/mol. The first-order valence-electron chi connectivity index (χ1n) is 4.65. The first-order valence-corrected chi connectivity index (χ1v) is 4.65. The number of rotatable bonds is 5. The number of aliphatic hydroxyl groups excluding tert-OH is 1. The Morgan fingerprint density at radius 3 is 2.71 bits per heavy atom. The molecule has 8 heteroatoms. The van der Waals surface area contributed by atoms with Crippen LogP contribution in [0.5, 0.6) is 0 Å². The molecule has 1 aromatic rings. The van der Waals surface area contributed by atoms with Gasteiger partial charge in [-0.3, -0.25) is 0 Å². The second-order valence-corrected chi connectivity index (χ2v) is 3.39. The third kappa shape index (κ3) is 3.91. The Bertz CT molecular complexity index is 426. The molecule has 0 saturated heterocycles. The predicted octanol–water partition coefficient (Wildman–Crippen LogP) is 0.523. The van der Waals surface area contributed by atoms with Crippen LogP contribution in [-0.4, -0.2) is 45.2 Å². The molecule has 1 rings (SSSR count). The summed E-state index contributed by atoms with van der Waals surface area (Å²) in [6, 6.07) is 1.22. The second-order valence-electron chi connectivity index (χ2n) is 3.39. The number of aryl methyl sites for hydroxylation is 1. The monoisotopic (exact) mass is 247 g/mol. The van der Waals surface area contributed by atoms with Crippen molar-refractivity contribution >= 4 is 11.9 Å². The highest BCUT2D eigenvalue weighted by molar-refractivity contribution is 5.85. The van der Waals surface area contributed by atoms with E-state index in [1.807, 2.05) is 0 Å². The van der Waals surface area contributed by atoms with Gasteiger partial charge in [0, 0.05) is 5.69 Å². The molecule has 94 valence electrons. The quantitative estimate of drug-likeness (QED) is 0.702. The number of carboxylic acid groups (broad SMARTS) is 1. The molecule has 0 bridgehead atoms. The van der Waals surface area contributed by atoms with Crippen LogP contribution in [0.15, 0.2) is 6.07 Å². The van der Waals surface area contributed by atoms with Gasteiger partial charge in [-0.25, -0.2) is 23.5 Å². The number of nitrogens with zero attached hydrogens (tertiary/aromatic N) is 2. The van der Waals surface area contributed by atoms with Gasteiger partial charge in [0.25, 0.3) is 5.92 Å². The Labute approximate surface area is 95.3 Å². The highest BCUT2D eigenvalue weighted by Crippen LogP contribution is 2.13. The van der Waals surface area contributed by atoms with Gasteiger partial charge in [-0.2, -0.15) is 0 Å². The van der Waals surface area contributed by atoms with Crippen molar-refractivity contribution in [3.63, 3.8) is 0 Å². The SMILES string of the molecule is Cc1cc(C(=O)O)nc(NCC(F)(F)CO)n1. The van der Waals surface area contributed by atoms with Crippen LogP contribution in [0.25, 0.3) is 0 Å². The number of nitrogens with one attached hydrogen (secondary N) is 1. The zero-order chi connectivity index (χ0) is 13.1. The number of hydrogen-bond acceptors (Lipinski definition) is 5. The molecule has 0 atom stereocenters. The summed E-state index contributed by atoms with van der Waals surface area (Å²) in [5, 5.41) is 19.2. The van der Waals surface area contributed by atoms with Crippen LogP contribution in [0.2, 0.25) is 0 Å². The fourth-order valence-corrected chi connectivity index (χ4v) is 1.02. The highest BCUT2D eigenvalue weighted by atomic mass is 19.3. The van der Waals surface area contributed by atoms with Crippen molar-refractivity contribution in [1.29, 1.82) is 0 Å². The largest absolute Gasteiger partial charge is 0.477 e. The minimum Gasteiger partial charge on any atom is -0.477 e. The summed E-state index contributed by atoms with van der Waals surface area (Å²) in [6.45, 7) is -0.660. The molecular formula is C9H11F2N3O3. The van der Waals surface area contributed by atoms with Crippen molar-refractivity contribution < 1.29 is 23.8 Å². The molecule has 0 amide bonds. The molecule has 0 saturated carbocycles. The van der Waals surface area contributed by atoms with Crippen molar-refractivity contribution in [3.8, 4) is 0 Å². The number of anilines is 1. The average Bonchev–Trinajstić information content (AvgIpc) is 2.26. The summed E-state index contributed by atoms with van der Waals surface area (Å²) in [5.41, 5.74) is 0.0551. The molecule has 1 heterocycles. The molecule has 0 aromatic carbocycles. The van der Waals surface area contributed by atoms with E-state index >= 15 is 0 Å². The van der Waals surface area contributed by atoms with Gasteiger partial charge in [0.05, 0.1) is 6.54 Å². The van der Waals surface area contributed by atoms with Gasteiger partial charge >= 0.3 is 5.97 Å². The molecule has 6 nitrogen and oxygen atoms in total. The summed E-state index contributed by atoms with van der Waals surface area (Å²) < 4.78 is 25.4. The third-order valence-electron chi connectivity index (χ3n) is 1.81. The number of carbonyl (C=O) groups is 1. The lowest BCUT2D eigenvalue weighted by Gasteiger charge is -2.14. The second kappa shape index (κ2) is 5.00. The van der Waals surface area contributed by atoms with Gasteiger partial charge in [-0.15, -0.1) is 0 Å². The maximum Gasteiger partial charge on any atom is 0.354 e.